The van der Waals surface area contributed by atoms with Crippen LogP contribution in [0.15, 0.2) is 12.1 Å². The lowest BCUT2D eigenvalue weighted by atomic mass is 10.1. The van der Waals surface area contributed by atoms with Crippen LogP contribution in [-0.4, -0.2) is 37.5 Å². The maximum Gasteiger partial charge on any atom is 0.310 e. The van der Waals surface area contributed by atoms with Crippen LogP contribution in [0.2, 0.25) is 0 Å². The molecule has 0 spiro atoms. The highest BCUT2D eigenvalue weighted by Gasteiger charge is 2.22. The highest BCUT2D eigenvalue weighted by atomic mass is 19.1. The van der Waals surface area contributed by atoms with E-state index < -0.39 is 29.4 Å². The molecule has 1 aromatic rings. The number of carbonyl (C=O) groups excluding carboxylic acids is 2. The third-order valence-electron chi connectivity index (χ3n) is 2.98. The fourth-order valence-electron chi connectivity index (χ4n) is 1.80. The lowest BCUT2D eigenvalue weighted by Gasteiger charge is -2.20. The smallest absolute Gasteiger partial charge is 0.310 e. The Labute approximate surface area is 116 Å². The normalized spacial score (nSPS) is 11.9. The predicted octanol–water partition coefficient (Wildman–Crippen LogP) is 2.15. The minimum Gasteiger partial charge on any atom is -0.469 e. The highest BCUT2D eigenvalue weighted by molar-refractivity contribution is 5.94. The minimum absolute atomic E-state index is 0.0847. The molecule has 110 valence electrons. The zero-order valence-electron chi connectivity index (χ0n) is 11.9. The summed E-state index contributed by atoms with van der Waals surface area (Å²) >= 11 is 0. The van der Waals surface area contributed by atoms with Crippen LogP contribution in [0.3, 0.4) is 0 Å². The van der Waals surface area contributed by atoms with Gasteiger partial charge >= 0.3 is 5.97 Å². The summed E-state index contributed by atoms with van der Waals surface area (Å²) in [5.41, 5.74) is -0.0346. The van der Waals surface area contributed by atoms with Crippen molar-refractivity contribution < 1.29 is 23.1 Å². The van der Waals surface area contributed by atoms with Crippen molar-refractivity contribution >= 4 is 11.9 Å². The molecule has 0 bridgehead atoms. The van der Waals surface area contributed by atoms with Gasteiger partial charge in [-0.3, -0.25) is 9.59 Å². The van der Waals surface area contributed by atoms with Crippen LogP contribution in [0.5, 0.6) is 0 Å². The number of aryl methyl sites for hydroxylation is 1. The first-order valence-electron chi connectivity index (χ1n) is 6.06. The third-order valence-corrected chi connectivity index (χ3v) is 2.98. The van der Waals surface area contributed by atoms with E-state index in [-0.39, 0.29) is 17.7 Å². The summed E-state index contributed by atoms with van der Waals surface area (Å²) in [6.07, 6.45) is 0. The summed E-state index contributed by atoms with van der Waals surface area (Å²) < 4.78 is 31.3. The van der Waals surface area contributed by atoms with Crippen molar-refractivity contribution in [3.8, 4) is 0 Å². The molecule has 1 unspecified atom stereocenters. The topological polar surface area (TPSA) is 46.6 Å². The van der Waals surface area contributed by atoms with Gasteiger partial charge in [-0.15, -0.1) is 0 Å². The lowest BCUT2D eigenvalue weighted by molar-refractivity contribution is -0.145. The molecule has 0 fully saturated rings. The Morgan fingerprint density at radius 1 is 1.30 bits per heavy atom. The zero-order chi connectivity index (χ0) is 15.4. The van der Waals surface area contributed by atoms with Crippen LogP contribution < -0.4 is 0 Å². The number of esters is 1. The molecule has 6 heteroatoms. The average Bonchev–Trinajstić information content (AvgIpc) is 2.40. The van der Waals surface area contributed by atoms with Gasteiger partial charge in [0.05, 0.1) is 18.6 Å². The van der Waals surface area contributed by atoms with Gasteiger partial charge in [0.25, 0.3) is 5.91 Å². The first kappa shape index (κ1) is 16.1. The van der Waals surface area contributed by atoms with E-state index in [2.05, 4.69) is 4.74 Å². The van der Waals surface area contributed by atoms with Crippen molar-refractivity contribution in [2.24, 2.45) is 5.92 Å². The van der Waals surface area contributed by atoms with E-state index in [1.54, 1.807) is 6.92 Å². The quantitative estimate of drug-likeness (QED) is 0.796. The standard InChI is InChI=1S/C14H17F2NO3/c1-8-5-10(12(16)6-11(8)15)13(18)17(3)7-9(2)14(19)20-4/h5-6,9H,7H2,1-4H3. The SMILES string of the molecule is COC(=O)C(C)CN(C)C(=O)c1cc(C)c(F)cc1F. The van der Waals surface area contributed by atoms with Gasteiger partial charge in [-0.05, 0) is 18.6 Å². The van der Waals surface area contributed by atoms with Crippen molar-refractivity contribution in [1.82, 2.24) is 4.90 Å². The van der Waals surface area contributed by atoms with E-state index in [1.165, 1.54) is 26.0 Å². The number of carbonyl (C=O) groups is 2. The largest absolute Gasteiger partial charge is 0.469 e. The first-order valence-corrected chi connectivity index (χ1v) is 6.06. The highest BCUT2D eigenvalue weighted by Crippen LogP contribution is 2.16. The fourth-order valence-corrected chi connectivity index (χ4v) is 1.80. The van der Waals surface area contributed by atoms with E-state index in [0.29, 0.717) is 6.07 Å². The third kappa shape index (κ3) is 3.53. The number of rotatable bonds is 4. The maximum absolute atomic E-state index is 13.6. The van der Waals surface area contributed by atoms with Crippen molar-refractivity contribution in [2.75, 3.05) is 20.7 Å². The summed E-state index contributed by atoms with van der Waals surface area (Å²) in [6.45, 7) is 3.13. The summed E-state index contributed by atoms with van der Waals surface area (Å²) in [7, 11) is 2.70. The second-order valence-electron chi connectivity index (χ2n) is 4.69. The fraction of sp³-hybridized carbons (Fsp3) is 0.429. The molecule has 20 heavy (non-hydrogen) atoms. The Hall–Kier alpha value is -1.98. The summed E-state index contributed by atoms with van der Waals surface area (Å²) in [5, 5.41) is 0. The molecule has 0 saturated carbocycles. The van der Waals surface area contributed by atoms with Gasteiger partial charge in [0.15, 0.2) is 0 Å². The van der Waals surface area contributed by atoms with E-state index in [1.807, 2.05) is 0 Å². The van der Waals surface area contributed by atoms with Crippen LogP contribution in [0, 0.1) is 24.5 Å². The molecule has 0 N–H and O–H groups in total. The average molecular weight is 285 g/mol. The molecule has 0 radical (unpaired) electrons. The van der Waals surface area contributed by atoms with Crippen molar-refractivity contribution in [3.05, 3.63) is 34.9 Å². The molecule has 0 aliphatic carbocycles. The second kappa shape index (κ2) is 6.45. The number of hydrogen-bond donors (Lipinski definition) is 0. The van der Waals surface area contributed by atoms with Crippen LogP contribution in [0.4, 0.5) is 8.78 Å². The Kier molecular flexibility index (Phi) is 5.19. The van der Waals surface area contributed by atoms with Crippen LogP contribution in [-0.2, 0) is 9.53 Å². The number of hydrogen-bond acceptors (Lipinski definition) is 3. The molecular formula is C14H17F2NO3. The number of amides is 1. The molecule has 1 aromatic carbocycles. The molecule has 1 atom stereocenters. The van der Waals surface area contributed by atoms with E-state index in [9.17, 15) is 18.4 Å². The van der Waals surface area contributed by atoms with Crippen LogP contribution in [0.25, 0.3) is 0 Å². The molecule has 4 nitrogen and oxygen atoms in total. The summed E-state index contributed by atoms with van der Waals surface area (Å²) in [6, 6.07) is 1.84. The number of methoxy groups -OCH3 is 1. The monoisotopic (exact) mass is 285 g/mol. The zero-order valence-corrected chi connectivity index (χ0v) is 11.9. The van der Waals surface area contributed by atoms with Gasteiger partial charge in [-0.2, -0.15) is 0 Å². The van der Waals surface area contributed by atoms with Gasteiger partial charge in [-0.25, -0.2) is 8.78 Å². The van der Waals surface area contributed by atoms with Crippen molar-refractivity contribution in [3.63, 3.8) is 0 Å². The Balaban J connectivity index is 2.90. The van der Waals surface area contributed by atoms with E-state index in [4.69, 9.17) is 0 Å². The predicted molar refractivity (Wildman–Crippen MR) is 69.2 cm³/mol. The number of halogens is 2. The molecule has 0 aliphatic heterocycles. The molecule has 0 aliphatic rings. The summed E-state index contributed by atoms with van der Waals surface area (Å²) in [4.78, 5) is 24.6. The van der Waals surface area contributed by atoms with Crippen LogP contribution >= 0.6 is 0 Å². The number of ether oxygens (including phenoxy) is 1. The molecule has 1 amide bonds. The minimum atomic E-state index is -0.921. The van der Waals surface area contributed by atoms with Crippen molar-refractivity contribution in [1.29, 1.82) is 0 Å². The van der Waals surface area contributed by atoms with Gasteiger partial charge in [0, 0.05) is 19.7 Å². The van der Waals surface area contributed by atoms with Gasteiger partial charge in [0.2, 0.25) is 0 Å². The van der Waals surface area contributed by atoms with Gasteiger partial charge in [-0.1, -0.05) is 6.92 Å². The lowest BCUT2D eigenvalue weighted by Crippen LogP contribution is -2.34. The molecule has 1 rings (SSSR count). The van der Waals surface area contributed by atoms with E-state index >= 15 is 0 Å². The van der Waals surface area contributed by atoms with Crippen LogP contribution in [0.1, 0.15) is 22.8 Å². The summed E-state index contributed by atoms with van der Waals surface area (Å²) in [5.74, 6) is -3.22. The first-order chi connectivity index (χ1) is 9.27. The second-order valence-corrected chi connectivity index (χ2v) is 4.69. The van der Waals surface area contributed by atoms with E-state index in [0.717, 1.165) is 6.07 Å². The molecule has 0 heterocycles. The molecule has 0 saturated heterocycles. The Bertz CT molecular complexity index is 531. The Morgan fingerprint density at radius 3 is 2.45 bits per heavy atom. The van der Waals surface area contributed by atoms with Gasteiger partial charge in [0.1, 0.15) is 11.6 Å². The van der Waals surface area contributed by atoms with Gasteiger partial charge < -0.3 is 9.64 Å². The molecule has 0 aromatic heterocycles. The van der Waals surface area contributed by atoms with Crippen molar-refractivity contribution in [2.45, 2.75) is 13.8 Å². The Morgan fingerprint density at radius 2 is 1.90 bits per heavy atom. The number of nitrogens with zero attached hydrogens (tertiary/aromatic N) is 1. The molecular weight excluding hydrogens is 268 g/mol. The maximum atomic E-state index is 13.6. The number of benzene rings is 1.